The van der Waals surface area contributed by atoms with E-state index in [1.54, 1.807) is 6.07 Å². The van der Waals surface area contributed by atoms with Crippen molar-refractivity contribution in [3.05, 3.63) is 51.2 Å². The van der Waals surface area contributed by atoms with Crippen molar-refractivity contribution in [1.82, 2.24) is 14.9 Å². The van der Waals surface area contributed by atoms with Crippen molar-refractivity contribution in [3.8, 4) is 11.5 Å². The summed E-state index contributed by atoms with van der Waals surface area (Å²) >= 11 is 0. The fourth-order valence-corrected chi connectivity index (χ4v) is 4.16. The quantitative estimate of drug-likeness (QED) is 0.737. The fraction of sp³-hybridized carbons (Fsp3) is 0.500. The molecule has 1 aliphatic carbocycles. The third-order valence-electron chi connectivity index (χ3n) is 5.65. The van der Waals surface area contributed by atoms with Crippen LogP contribution in [0.4, 0.5) is 0 Å². The fourth-order valence-electron chi connectivity index (χ4n) is 4.16. The number of benzene rings is 1. The minimum absolute atomic E-state index is 0.00965. The molecule has 0 unspecified atom stereocenters. The van der Waals surface area contributed by atoms with Crippen LogP contribution in [0.5, 0.6) is 11.5 Å². The van der Waals surface area contributed by atoms with Gasteiger partial charge in [0.05, 0.1) is 5.69 Å². The van der Waals surface area contributed by atoms with Crippen molar-refractivity contribution in [2.45, 2.75) is 57.5 Å². The van der Waals surface area contributed by atoms with E-state index in [4.69, 9.17) is 4.98 Å². The molecule has 0 atom stereocenters. The second-order valence-corrected chi connectivity index (χ2v) is 7.46. The van der Waals surface area contributed by atoms with Gasteiger partial charge < -0.3 is 15.2 Å². The van der Waals surface area contributed by atoms with Gasteiger partial charge in [-0.15, -0.1) is 0 Å². The number of hydrogen-bond donors (Lipinski definition) is 3. The van der Waals surface area contributed by atoms with Crippen molar-refractivity contribution >= 4 is 0 Å². The summed E-state index contributed by atoms with van der Waals surface area (Å²) in [5.74, 6) is 1.04. The molecular formula is C20H25N3O3. The SMILES string of the molecule is O=c1[nH]c(C2CCCCC2)nc2c1CCN(Cc1cccc(O)c1O)C2. The van der Waals surface area contributed by atoms with Crippen LogP contribution in [-0.2, 0) is 19.5 Å². The molecule has 3 N–H and O–H groups in total. The van der Waals surface area contributed by atoms with Crippen molar-refractivity contribution in [2.75, 3.05) is 6.54 Å². The first-order valence-corrected chi connectivity index (χ1v) is 9.46. The first-order valence-electron chi connectivity index (χ1n) is 9.46. The maximum atomic E-state index is 12.5. The Hall–Kier alpha value is -2.34. The number of H-pyrrole nitrogens is 1. The molecule has 0 saturated heterocycles. The van der Waals surface area contributed by atoms with Crippen LogP contribution in [0, 0.1) is 0 Å². The molecule has 1 aromatic carbocycles. The van der Waals surface area contributed by atoms with Crippen LogP contribution in [0.15, 0.2) is 23.0 Å². The normalized spacial score (nSPS) is 18.6. The second-order valence-electron chi connectivity index (χ2n) is 7.46. The summed E-state index contributed by atoms with van der Waals surface area (Å²) in [5, 5.41) is 19.7. The molecule has 2 aliphatic rings. The van der Waals surface area contributed by atoms with Crippen LogP contribution in [0.3, 0.4) is 0 Å². The highest BCUT2D eigenvalue weighted by Crippen LogP contribution is 2.32. The van der Waals surface area contributed by atoms with Gasteiger partial charge in [-0.05, 0) is 25.3 Å². The van der Waals surface area contributed by atoms with E-state index in [1.165, 1.54) is 25.3 Å². The molecule has 0 bridgehead atoms. The van der Waals surface area contributed by atoms with E-state index in [9.17, 15) is 15.0 Å². The Kier molecular flexibility index (Phi) is 4.68. The van der Waals surface area contributed by atoms with E-state index >= 15 is 0 Å². The van der Waals surface area contributed by atoms with Crippen molar-refractivity contribution in [1.29, 1.82) is 0 Å². The van der Waals surface area contributed by atoms with Crippen LogP contribution in [0.1, 0.15) is 60.7 Å². The van der Waals surface area contributed by atoms with Gasteiger partial charge in [-0.2, -0.15) is 0 Å². The molecule has 6 nitrogen and oxygen atoms in total. The number of para-hydroxylation sites is 1. The van der Waals surface area contributed by atoms with Crippen LogP contribution >= 0.6 is 0 Å². The zero-order valence-corrected chi connectivity index (χ0v) is 14.9. The monoisotopic (exact) mass is 355 g/mol. The number of aromatic hydroxyl groups is 2. The van der Waals surface area contributed by atoms with Crippen LogP contribution < -0.4 is 5.56 Å². The molecular weight excluding hydrogens is 330 g/mol. The molecule has 1 aromatic heterocycles. The first kappa shape index (κ1) is 17.1. The number of phenols is 2. The van der Waals surface area contributed by atoms with Crippen molar-refractivity contribution in [3.63, 3.8) is 0 Å². The Balaban J connectivity index is 1.56. The molecule has 4 rings (SSSR count). The lowest BCUT2D eigenvalue weighted by Gasteiger charge is -2.29. The van der Waals surface area contributed by atoms with Crippen LogP contribution in [-0.4, -0.2) is 31.6 Å². The topological polar surface area (TPSA) is 89.5 Å². The third kappa shape index (κ3) is 3.33. The minimum atomic E-state index is -0.103. The standard InChI is InChI=1S/C20H25N3O3/c24-17-8-4-7-14(18(17)25)11-23-10-9-15-16(12-23)21-19(22-20(15)26)13-5-2-1-3-6-13/h4,7-8,13,24-25H,1-3,5-6,9-12H2,(H,21,22,26). The van der Waals surface area contributed by atoms with Gasteiger partial charge >= 0.3 is 0 Å². The third-order valence-corrected chi connectivity index (χ3v) is 5.65. The van der Waals surface area contributed by atoms with E-state index in [0.717, 1.165) is 36.5 Å². The highest BCUT2D eigenvalue weighted by Gasteiger charge is 2.25. The maximum Gasteiger partial charge on any atom is 0.254 e. The molecule has 26 heavy (non-hydrogen) atoms. The summed E-state index contributed by atoms with van der Waals surface area (Å²) in [6.07, 6.45) is 6.53. The number of phenolic OH excluding ortho intramolecular Hbond substituents is 2. The second kappa shape index (κ2) is 7.11. The van der Waals surface area contributed by atoms with E-state index in [2.05, 4.69) is 9.88 Å². The molecule has 2 aromatic rings. The van der Waals surface area contributed by atoms with Gasteiger partial charge in [-0.3, -0.25) is 9.69 Å². The van der Waals surface area contributed by atoms with E-state index < -0.39 is 0 Å². The number of aromatic amines is 1. The summed E-state index contributed by atoms with van der Waals surface area (Å²) in [6, 6.07) is 5.01. The van der Waals surface area contributed by atoms with Gasteiger partial charge in [-0.1, -0.05) is 31.4 Å². The number of nitrogens with zero attached hydrogens (tertiary/aromatic N) is 2. The van der Waals surface area contributed by atoms with Crippen LogP contribution in [0.2, 0.25) is 0 Å². The number of rotatable bonds is 3. The summed E-state index contributed by atoms with van der Waals surface area (Å²) in [5.41, 5.74) is 2.35. The van der Waals surface area contributed by atoms with Crippen molar-refractivity contribution in [2.24, 2.45) is 0 Å². The average Bonchev–Trinajstić information content (AvgIpc) is 2.66. The molecule has 1 fully saturated rings. The van der Waals surface area contributed by atoms with Gasteiger partial charge in [0.1, 0.15) is 5.82 Å². The van der Waals surface area contributed by atoms with E-state index in [0.29, 0.717) is 31.0 Å². The number of nitrogens with one attached hydrogen (secondary N) is 1. The predicted octanol–water partition coefficient (Wildman–Crippen LogP) is 2.79. The Morgan fingerprint density at radius 2 is 2.00 bits per heavy atom. The smallest absolute Gasteiger partial charge is 0.254 e. The molecule has 6 heteroatoms. The summed E-state index contributed by atoms with van der Waals surface area (Å²) in [4.78, 5) is 22.5. The van der Waals surface area contributed by atoms with E-state index in [-0.39, 0.29) is 17.1 Å². The Morgan fingerprint density at radius 3 is 2.81 bits per heavy atom. The zero-order chi connectivity index (χ0) is 18.1. The van der Waals surface area contributed by atoms with Crippen LogP contribution in [0.25, 0.3) is 0 Å². The molecule has 138 valence electrons. The van der Waals surface area contributed by atoms with Gasteiger partial charge in [-0.25, -0.2) is 4.98 Å². The molecule has 1 aliphatic heterocycles. The number of hydrogen-bond acceptors (Lipinski definition) is 5. The minimum Gasteiger partial charge on any atom is -0.504 e. The van der Waals surface area contributed by atoms with Gasteiger partial charge in [0.25, 0.3) is 5.56 Å². The lowest BCUT2D eigenvalue weighted by Crippen LogP contribution is -2.35. The number of fused-ring (bicyclic) bond motifs is 1. The molecule has 0 amide bonds. The van der Waals surface area contributed by atoms with E-state index in [1.807, 2.05) is 6.07 Å². The molecule has 1 saturated carbocycles. The highest BCUT2D eigenvalue weighted by atomic mass is 16.3. The van der Waals surface area contributed by atoms with Crippen molar-refractivity contribution < 1.29 is 10.2 Å². The van der Waals surface area contributed by atoms with Gasteiger partial charge in [0, 0.05) is 36.7 Å². The maximum absolute atomic E-state index is 12.5. The highest BCUT2D eigenvalue weighted by molar-refractivity contribution is 5.44. The largest absolute Gasteiger partial charge is 0.504 e. The van der Waals surface area contributed by atoms with Gasteiger partial charge in [0.15, 0.2) is 11.5 Å². The Labute approximate surface area is 152 Å². The molecule has 2 heterocycles. The molecule has 0 radical (unpaired) electrons. The Morgan fingerprint density at radius 1 is 1.19 bits per heavy atom. The first-order chi connectivity index (χ1) is 12.6. The summed E-state index contributed by atoms with van der Waals surface area (Å²) < 4.78 is 0. The average molecular weight is 355 g/mol. The summed E-state index contributed by atoms with van der Waals surface area (Å²) in [6.45, 7) is 1.84. The summed E-state index contributed by atoms with van der Waals surface area (Å²) in [7, 11) is 0. The lowest BCUT2D eigenvalue weighted by atomic mass is 9.88. The Bertz CT molecular complexity index is 856. The predicted molar refractivity (Wildman–Crippen MR) is 98.3 cm³/mol. The molecule has 0 spiro atoms. The lowest BCUT2D eigenvalue weighted by molar-refractivity contribution is 0.235. The number of aromatic nitrogens is 2. The zero-order valence-electron chi connectivity index (χ0n) is 14.9. The van der Waals surface area contributed by atoms with Gasteiger partial charge in [0.2, 0.25) is 0 Å².